The Morgan fingerprint density at radius 2 is 1.85 bits per heavy atom. The van der Waals surface area contributed by atoms with Crippen LogP contribution in [0.15, 0.2) is 45.6 Å². The highest BCUT2D eigenvalue weighted by Crippen LogP contribution is 2.46. The van der Waals surface area contributed by atoms with Crippen molar-refractivity contribution in [2.75, 3.05) is 12.4 Å². The zero-order valence-corrected chi connectivity index (χ0v) is 18.9. The van der Waals surface area contributed by atoms with E-state index < -0.39 is 11.4 Å². The molecule has 1 spiro atoms. The lowest BCUT2D eigenvalue weighted by atomic mass is 9.94. The molecule has 1 aliphatic heterocycles. The van der Waals surface area contributed by atoms with Gasteiger partial charge in [-0.1, -0.05) is 6.42 Å². The molecule has 3 aromatic rings. The molecule has 2 heterocycles. The molecule has 1 aliphatic carbocycles. The number of benzene rings is 2. The monoisotopic (exact) mass is 449 g/mol. The van der Waals surface area contributed by atoms with Crippen LogP contribution in [-0.4, -0.2) is 18.8 Å². The van der Waals surface area contributed by atoms with Gasteiger partial charge in [-0.05, 0) is 56.0 Å². The zero-order valence-electron chi connectivity index (χ0n) is 18.9. The SMILES string of the molecule is COc1ccc2c(C)c(CCC(=O)Nc3ccc4c(c3)OC3(CCCCC3)O4)c(=O)oc2c1. The van der Waals surface area contributed by atoms with Crippen LogP contribution in [0.25, 0.3) is 11.0 Å². The molecule has 2 aromatic carbocycles. The molecule has 5 rings (SSSR count). The van der Waals surface area contributed by atoms with E-state index in [0.29, 0.717) is 28.3 Å². The molecule has 1 aromatic heterocycles. The highest BCUT2D eigenvalue weighted by atomic mass is 16.7. The summed E-state index contributed by atoms with van der Waals surface area (Å²) in [6.07, 6.45) is 5.59. The van der Waals surface area contributed by atoms with E-state index in [1.54, 1.807) is 19.2 Å². The molecular formula is C26H27NO6. The smallest absolute Gasteiger partial charge is 0.339 e. The first-order valence-electron chi connectivity index (χ1n) is 11.4. The fourth-order valence-electron chi connectivity index (χ4n) is 4.72. The first-order chi connectivity index (χ1) is 16.0. The van der Waals surface area contributed by atoms with E-state index in [-0.39, 0.29) is 18.7 Å². The van der Waals surface area contributed by atoms with Crippen molar-refractivity contribution in [1.82, 2.24) is 0 Å². The maximum absolute atomic E-state index is 12.6. The van der Waals surface area contributed by atoms with Crippen LogP contribution < -0.4 is 25.2 Å². The highest BCUT2D eigenvalue weighted by molar-refractivity contribution is 5.91. The minimum Gasteiger partial charge on any atom is -0.497 e. The zero-order chi connectivity index (χ0) is 23.0. The Morgan fingerprint density at radius 1 is 1.06 bits per heavy atom. The van der Waals surface area contributed by atoms with Crippen molar-refractivity contribution < 1.29 is 23.4 Å². The minimum atomic E-state index is -0.547. The average molecular weight is 450 g/mol. The summed E-state index contributed by atoms with van der Waals surface area (Å²) >= 11 is 0. The van der Waals surface area contributed by atoms with E-state index in [0.717, 1.165) is 42.4 Å². The summed E-state index contributed by atoms with van der Waals surface area (Å²) in [6.45, 7) is 1.87. The Labute approximate surface area is 191 Å². The lowest BCUT2D eigenvalue weighted by Crippen LogP contribution is -2.40. The molecule has 7 nitrogen and oxygen atoms in total. The summed E-state index contributed by atoms with van der Waals surface area (Å²) in [5.74, 6) is 1.27. The Morgan fingerprint density at radius 3 is 2.64 bits per heavy atom. The quantitative estimate of drug-likeness (QED) is 0.545. The summed E-state index contributed by atoms with van der Waals surface area (Å²) in [7, 11) is 1.56. The normalized spacial score (nSPS) is 16.2. The lowest BCUT2D eigenvalue weighted by molar-refractivity contribution is -0.116. The van der Waals surface area contributed by atoms with Gasteiger partial charge in [0.2, 0.25) is 5.91 Å². The Balaban J connectivity index is 1.26. The van der Waals surface area contributed by atoms with Gasteiger partial charge >= 0.3 is 5.63 Å². The van der Waals surface area contributed by atoms with Crippen molar-refractivity contribution in [3.05, 3.63) is 57.9 Å². The van der Waals surface area contributed by atoms with Gasteiger partial charge in [0.1, 0.15) is 11.3 Å². The fraction of sp³-hybridized carbons (Fsp3) is 0.385. The number of amides is 1. The Kier molecular flexibility index (Phi) is 5.48. The number of fused-ring (bicyclic) bond motifs is 2. The van der Waals surface area contributed by atoms with E-state index in [1.807, 2.05) is 31.2 Å². The van der Waals surface area contributed by atoms with Crippen molar-refractivity contribution >= 4 is 22.6 Å². The van der Waals surface area contributed by atoms with Crippen LogP contribution >= 0.6 is 0 Å². The van der Waals surface area contributed by atoms with Gasteiger partial charge in [0.15, 0.2) is 11.5 Å². The van der Waals surface area contributed by atoms with E-state index in [9.17, 15) is 9.59 Å². The maximum Gasteiger partial charge on any atom is 0.339 e. The van der Waals surface area contributed by atoms with Crippen molar-refractivity contribution in [2.45, 2.75) is 57.7 Å². The third kappa shape index (κ3) is 4.15. The molecule has 7 heteroatoms. The molecule has 0 atom stereocenters. The molecule has 0 unspecified atom stereocenters. The number of methoxy groups -OCH3 is 1. The summed E-state index contributed by atoms with van der Waals surface area (Å²) in [5.41, 5.74) is 2.01. The van der Waals surface area contributed by atoms with E-state index in [1.165, 1.54) is 6.42 Å². The molecular weight excluding hydrogens is 422 g/mol. The average Bonchev–Trinajstić information content (AvgIpc) is 3.15. The number of hydrogen-bond acceptors (Lipinski definition) is 6. The summed E-state index contributed by atoms with van der Waals surface area (Å²) in [4.78, 5) is 25.1. The third-order valence-electron chi connectivity index (χ3n) is 6.53. The van der Waals surface area contributed by atoms with Gasteiger partial charge in [0.25, 0.3) is 5.79 Å². The number of hydrogen-bond donors (Lipinski definition) is 1. The van der Waals surface area contributed by atoms with Gasteiger partial charge in [0.05, 0.1) is 7.11 Å². The Bertz CT molecular complexity index is 1270. The number of ether oxygens (including phenoxy) is 3. The number of carbonyl (C=O) groups is 1. The fourth-order valence-corrected chi connectivity index (χ4v) is 4.72. The largest absolute Gasteiger partial charge is 0.497 e. The van der Waals surface area contributed by atoms with Gasteiger partial charge in [-0.25, -0.2) is 4.79 Å². The van der Waals surface area contributed by atoms with Crippen LogP contribution in [0.1, 0.15) is 49.7 Å². The minimum absolute atomic E-state index is 0.158. The number of nitrogens with one attached hydrogen (secondary N) is 1. The standard InChI is InChI=1S/C26H27NO6/c1-16-19-8-7-18(30-2)15-22(19)31-25(29)20(16)9-11-24(28)27-17-6-10-21-23(14-17)33-26(32-21)12-4-3-5-13-26/h6-8,10,14-15H,3-5,9,11-13H2,1-2H3,(H,27,28). The summed E-state index contributed by atoms with van der Waals surface area (Å²) in [5, 5.41) is 3.73. The molecule has 0 bridgehead atoms. The van der Waals surface area contributed by atoms with Crippen LogP contribution in [0, 0.1) is 6.92 Å². The van der Waals surface area contributed by atoms with Gasteiger partial charge in [0, 0.05) is 48.0 Å². The molecule has 1 N–H and O–H groups in total. The second-order valence-corrected chi connectivity index (χ2v) is 8.74. The molecule has 2 aliphatic rings. The first kappa shape index (κ1) is 21.4. The molecule has 1 fully saturated rings. The van der Waals surface area contributed by atoms with Gasteiger partial charge in [-0.2, -0.15) is 0 Å². The third-order valence-corrected chi connectivity index (χ3v) is 6.53. The molecule has 33 heavy (non-hydrogen) atoms. The van der Waals surface area contributed by atoms with E-state index >= 15 is 0 Å². The van der Waals surface area contributed by atoms with Crippen molar-refractivity contribution in [2.24, 2.45) is 0 Å². The van der Waals surface area contributed by atoms with Crippen LogP contribution in [0.5, 0.6) is 17.2 Å². The van der Waals surface area contributed by atoms with Gasteiger partial charge in [-0.3, -0.25) is 4.79 Å². The van der Waals surface area contributed by atoms with Crippen LogP contribution in [0.2, 0.25) is 0 Å². The van der Waals surface area contributed by atoms with Crippen LogP contribution in [0.4, 0.5) is 5.69 Å². The number of aryl methyl sites for hydroxylation is 1. The predicted molar refractivity (Wildman–Crippen MR) is 124 cm³/mol. The molecule has 172 valence electrons. The molecule has 0 radical (unpaired) electrons. The van der Waals surface area contributed by atoms with E-state index in [2.05, 4.69) is 5.32 Å². The topological polar surface area (TPSA) is 87.0 Å². The maximum atomic E-state index is 12.6. The van der Waals surface area contributed by atoms with Gasteiger partial charge < -0.3 is 23.9 Å². The molecule has 1 amide bonds. The first-order valence-corrected chi connectivity index (χ1v) is 11.4. The molecule has 0 saturated heterocycles. The second kappa shape index (κ2) is 8.46. The highest BCUT2D eigenvalue weighted by Gasteiger charge is 2.42. The number of rotatable bonds is 5. The molecule has 1 saturated carbocycles. The lowest BCUT2D eigenvalue weighted by Gasteiger charge is -2.31. The number of anilines is 1. The van der Waals surface area contributed by atoms with Crippen molar-refractivity contribution in [1.29, 1.82) is 0 Å². The predicted octanol–water partition coefficient (Wildman–Crippen LogP) is 5.11. The summed E-state index contributed by atoms with van der Waals surface area (Å²) < 4.78 is 22.9. The van der Waals surface area contributed by atoms with Crippen molar-refractivity contribution in [3.63, 3.8) is 0 Å². The van der Waals surface area contributed by atoms with Gasteiger partial charge in [-0.15, -0.1) is 0 Å². The second-order valence-electron chi connectivity index (χ2n) is 8.74. The van der Waals surface area contributed by atoms with E-state index in [4.69, 9.17) is 18.6 Å². The number of carbonyl (C=O) groups excluding carboxylic acids is 1. The van der Waals surface area contributed by atoms with Crippen molar-refractivity contribution in [3.8, 4) is 17.2 Å². The van der Waals surface area contributed by atoms with Crippen LogP contribution in [0.3, 0.4) is 0 Å². The van der Waals surface area contributed by atoms with Crippen LogP contribution in [-0.2, 0) is 11.2 Å². The summed E-state index contributed by atoms with van der Waals surface area (Å²) in [6, 6.07) is 10.8. The Hall–Kier alpha value is -3.48.